The molecule has 32 heteroatoms. The third-order valence-electron chi connectivity index (χ3n) is 22.4. The van der Waals surface area contributed by atoms with E-state index in [9.17, 15) is 89.6 Å². The van der Waals surface area contributed by atoms with E-state index < -0.39 is 231 Å². The van der Waals surface area contributed by atoms with Crippen molar-refractivity contribution in [2.45, 2.75) is 316 Å². The third-order valence-corrected chi connectivity index (χ3v) is 22.9. The van der Waals surface area contributed by atoms with E-state index in [2.05, 4.69) is 26.0 Å². The molecule has 0 aromatic carbocycles. The van der Waals surface area contributed by atoms with Gasteiger partial charge in [0.1, 0.15) is 116 Å². The first-order chi connectivity index (χ1) is 44.0. The van der Waals surface area contributed by atoms with Crippen LogP contribution < -0.4 is 0 Å². The second-order valence-electron chi connectivity index (χ2n) is 29.0. The normalized spacial score (nSPS) is 52.4. The SMILES string of the molecule is CC(C)=CCC[C@](C)(O)C1CCC2C3C[C@H](OC4OC(C)C(O)C(OC5OCC(OC6OC(C)C(O)C(O)C6OC6OC(C)C(O)C(OC7OC(CO)C(O)C(O)C7O)C6O)C(O)C5OC5OC(C)C(O)C(O)C5O)C4O)C4C[C@@H](OS(=O)(=O)O)CC[C@]4(C)C3=CC[C@@]21C. The second kappa shape index (κ2) is 29.3. The molecule has 0 aromatic rings. The van der Waals surface area contributed by atoms with Gasteiger partial charge in [0.05, 0.1) is 55.4 Å². The number of fused-ring (bicyclic) bond motifs is 5. The van der Waals surface area contributed by atoms with Gasteiger partial charge in [-0.25, -0.2) is 4.18 Å². The van der Waals surface area contributed by atoms with Crippen molar-refractivity contribution in [2.24, 2.45) is 34.5 Å². The van der Waals surface area contributed by atoms with Crippen LogP contribution >= 0.6 is 0 Å². The summed E-state index contributed by atoms with van der Waals surface area (Å²) in [6.45, 7) is 14.4. The maximum absolute atomic E-state index is 12.5. The fraction of sp³-hybridized carbons (Fsp3) is 0.935. The predicted octanol–water partition coefficient (Wildman–Crippen LogP) is -3.08. The molecule has 38 atom stereocenters. The first kappa shape index (κ1) is 74.9. The van der Waals surface area contributed by atoms with Crippen molar-refractivity contribution in [3.05, 3.63) is 23.3 Å². The van der Waals surface area contributed by atoms with Crippen LogP contribution in [0.3, 0.4) is 0 Å². The highest BCUT2D eigenvalue weighted by atomic mass is 32.3. The van der Waals surface area contributed by atoms with Gasteiger partial charge in [0.2, 0.25) is 0 Å². The third kappa shape index (κ3) is 14.8. The summed E-state index contributed by atoms with van der Waals surface area (Å²) in [4.78, 5) is 0. The van der Waals surface area contributed by atoms with Gasteiger partial charge in [-0.2, -0.15) is 8.42 Å². The van der Waals surface area contributed by atoms with Gasteiger partial charge in [-0.1, -0.05) is 37.1 Å². The molecule has 16 N–H and O–H groups in total. The molecule has 0 amide bonds. The van der Waals surface area contributed by atoms with Crippen LogP contribution in [0.25, 0.3) is 0 Å². The summed E-state index contributed by atoms with van der Waals surface area (Å²) in [5, 5.41) is 169. The number of ether oxygens (including phenoxy) is 12. The van der Waals surface area contributed by atoms with Crippen molar-refractivity contribution in [1.29, 1.82) is 0 Å². The van der Waals surface area contributed by atoms with E-state index in [0.717, 1.165) is 18.4 Å². The lowest BCUT2D eigenvalue weighted by atomic mass is 9.47. The number of rotatable bonds is 19. The number of hydrogen-bond acceptors (Lipinski definition) is 30. The Balaban J connectivity index is 0.897. The van der Waals surface area contributed by atoms with E-state index in [4.69, 9.17) is 61.0 Å². The zero-order valence-electron chi connectivity index (χ0n) is 54.3. The minimum absolute atomic E-state index is 0.0483. The molecule has 4 aliphatic carbocycles. The van der Waals surface area contributed by atoms with Gasteiger partial charge in [-0.3, -0.25) is 4.55 Å². The van der Waals surface area contributed by atoms with Crippen LogP contribution in [0, 0.1) is 34.5 Å². The Labute approximate surface area is 546 Å². The molecule has 6 aliphatic heterocycles. The summed E-state index contributed by atoms with van der Waals surface area (Å²) in [5.74, 6) is -0.539. The van der Waals surface area contributed by atoms with Crippen molar-refractivity contribution in [3.8, 4) is 0 Å². The topological polar surface area (TPSA) is 478 Å². The molecule has 0 radical (unpaired) electrons. The molecule has 0 spiro atoms. The number of aliphatic hydroxyl groups is 15. The molecule has 0 bridgehead atoms. The molecule has 33 unspecified atom stereocenters. The van der Waals surface area contributed by atoms with Gasteiger partial charge in [-0.15, -0.1) is 0 Å². The average Bonchev–Trinajstić information content (AvgIpc) is 1.34. The Morgan fingerprint density at radius 3 is 1.66 bits per heavy atom. The van der Waals surface area contributed by atoms with Crippen molar-refractivity contribution < 1.29 is 151 Å². The van der Waals surface area contributed by atoms with E-state index in [-0.39, 0.29) is 36.0 Å². The molecule has 10 rings (SSSR count). The Morgan fingerprint density at radius 1 is 0.574 bits per heavy atom. The maximum Gasteiger partial charge on any atom is 0.397 e. The molecule has 6 saturated heterocycles. The predicted molar refractivity (Wildman–Crippen MR) is 316 cm³/mol. The highest BCUT2D eigenvalue weighted by Gasteiger charge is 2.64. The van der Waals surface area contributed by atoms with Crippen LogP contribution in [-0.4, -0.2) is 299 Å². The minimum atomic E-state index is -4.88. The van der Waals surface area contributed by atoms with Crippen LogP contribution in [0.2, 0.25) is 0 Å². The van der Waals surface area contributed by atoms with Crippen molar-refractivity contribution in [1.82, 2.24) is 0 Å². The first-order valence-corrected chi connectivity index (χ1v) is 34.4. The largest absolute Gasteiger partial charge is 0.397 e. The molecule has 6 heterocycles. The van der Waals surface area contributed by atoms with Crippen molar-refractivity contribution in [3.63, 3.8) is 0 Å². The molecular weight excluding hydrogens is 1270 g/mol. The second-order valence-corrected chi connectivity index (χ2v) is 30.0. The van der Waals surface area contributed by atoms with Crippen LogP contribution in [0.15, 0.2) is 23.3 Å². The summed E-state index contributed by atoms with van der Waals surface area (Å²) in [7, 11) is -4.88. The summed E-state index contributed by atoms with van der Waals surface area (Å²) < 4.78 is 113. The Hall–Kier alpha value is -1.73. The summed E-state index contributed by atoms with van der Waals surface area (Å²) in [6.07, 6.45) is -42.5. The Bertz CT molecular complexity index is 2710. The quantitative estimate of drug-likeness (QED) is 0.0450. The smallest absolute Gasteiger partial charge is 0.394 e. The lowest BCUT2D eigenvalue weighted by Crippen LogP contribution is -2.67. The van der Waals surface area contributed by atoms with E-state index in [1.165, 1.54) is 33.3 Å². The van der Waals surface area contributed by atoms with Crippen molar-refractivity contribution in [2.75, 3.05) is 13.2 Å². The van der Waals surface area contributed by atoms with Crippen LogP contribution in [0.5, 0.6) is 0 Å². The zero-order valence-corrected chi connectivity index (χ0v) is 55.1. The first-order valence-electron chi connectivity index (χ1n) is 33.0. The fourth-order valence-corrected chi connectivity index (χ4v) is 17.5. The summed E-state index contributed by atoms with van der Waals surface area (Å²) in [6, 6.07) is 0. The highest BCUT2D eigenvalue weighted by Crippen LogP contribution is 2.67. The minimum Gasteiger partial charge on any atom is -0.394 e. The molecule has 0 aromatic heterocycles. The monoisotopic (exact) mass is 1370 g/mol. The Morgan fingerprint density at radius 2 is 1.07 bits per heavy atom. The molecule has 3 saturated carbocycles. The van der Waals surface area contributed by atoms with Crippen LogP contribution in [0.1, 0.15) is 120 Å². The van der Waals surface area contributed by atoms with Gasteiger partial charge in [0, 0.05) is 0 Å². The summed E-state index contributed by atoms with van der Waals surface area (Å²) >= 11 is 0. The van der Waals surface area contributed by atoms with E-state index >= 15 is 0 Å². The fourth-order valence-electron chi connectivity index (χ4n) is 17.0. The lowest BCUT2D eigenvalue weighted by Gasteiger charge is -2.60. The van der Waals surface area contributed by atoms with Gasteiger partial charge in [0.15, 0.2) is 37.7 Å². The molecule has 10 aliphatic rings. The number of aliphatic hydroxyl groups excluding tert-OH is 14. The summed E-state index contributed by atoms with van der Waals surface area (Å²) in [5.41, 5.74) is 0.430. The van der Waals surface area contributed by atoms with Gasteiger partial charge in [-0.05, 0) is 141 Å². The molecule has 9 fully saturated rings. The van der Waals surface area contributed by atoms with E-state index in [1.807, 2.05) is 20.8 Å². The molecular formula is C62H102O31S. The highest BCUT2D eigenvalue weighted by molar-refractivity contribution is 7.80. The average molecular weight is 1380 g/mol. The van der Waals surface area contributed by atoms with E-state index in [0.29, 0.717) is 32.1 Å². The van der Waals surface area contributed by atoms with Gasteiger partial charge >= 0.3 is 10.4 Å². The Kier molecular flexibility index (Phi) is 23.4. The maximum atomic E-state index is 12.5. The van der Waals surface area contributed by atoms with Gasteiger partial charge in [0.25, 0.3) is 0 Å². The number of hydrogen-bond donors (Lipinski definition) is 16. The molecule has 94 heavy (non-hydrogen) atoms. The van der Waals surface area contributed by atoms with Crippen LogP contribution in [-0.2, 0) is 71.4 Å². The number of allylic oxidation sites excluding steroid dienone is 4. The van der Waals surface area contributed by atoms with Crippen LogP contribution in [0.4, 0.5) is 0 Å². The zero-order chi connectivity index (χ0) is 68.7. The molecule has 31 nitrogen and oxygen atoms in total. The van der Waals surface area contributed by atoms with Gasteiger partial charge < -0.3 is 133 Å². The van der Waals surface area contributed by atoms with E-state index in [1.54, 1.807) is 0 Å². The lowest BCUT2D eigenvalue weighted by molar-refractivity contribution is -0.401. The van der Waals surface area contributed by atoms with Crippen molar-refractivity contribution >= 4 is 10.4 Å². The standard InChI is InChI=1S/C62H102O31S/c1-23(2)11-10-16-62(9,77)36-13-12-30-29-20-33(32-19-28(93-94(78,79)80)14-17-60(32,7)31(29)15-18-61(30,36)8)86-56-48(75)51(40(67)26(5)83-56)90-58-52(91-54-46(73)43(70)37(64)24(3)82-54)42(69)35(22-81-58)88-59-53(45(72)38(65)25(4)85-59)92-57-49(76)50(39(66)27(6)84-57)89-55-47(74)44(71)41(68)34(21-63)87-55/h11,15,24-30,32-59,63-77H,10,12-14,16-22H2,1-9H3,(H,78,79,80)/t24?,25?,26?,27?,28-,29?,30?,32?,33-,34?,35?,36?,37?,38?,39?,40?,41?,42?,43?,44?,45?,46?,47?,48?,49?,50?,51?,52?,53?,54?,55?,56?,57?,58?,59?,60+,61-,62-/m0/s1. The molecule has 542 valence electrons.